The Morgan fingerprint density at radius 1 is 1.56 bits per heavy atom. The highest BCUT2D eigenvalue weighted by atomic mass is 35.5. The number of nitrogens with zero attached hydrogens (tertiary/aromatic N) is 2. The quantitative estimate of drug-likeness (QED) is 0.828. The monoisotopic (exact) mass is 270 g/mol. The zero-order chi connectivity index (χ0) is 13.1. The van der Waals surface area contributed by atoms with Gasteiger partial charge in [-0.1, -0.05) is 6.92 Å². The number of hydrogen-bond donors (Lipinski definition) is 0. The molecule has 1 aromatic rings. The third kappa shape index (κ3) is 2.70. The van der Waals surface area contributed by atoms with E-state index in [1.165, 1.54) is 6.26 Å². The molecule has 0 saturated carbocycles. The minimum Gasteiger partial charge on any atom is -0.452 e. The lowest BCUT2D eigenvalue weighted by Crippen LogP contribution is -2.43. The highest BCUT2D eigenvalue weighted by Gasteiger charge is 2.28. The lowest BCUT2D eigenvalue weighted by Gasteiger charge is -2.30. The summed E-state index contributed by atoms with van der Waals surface area (Å²) >= 11 is 5.89. The maximum absolute atomic E-state index is 12.5. The number of rotatable bonds is 2. The fourth-order valence-corrected chi connectivity index (χ4v) is 2.66. The number of amides is 1. The molecule has 1 unspecified atom stereocenters. The molecule has 4 nitrogen and oxygen atoms in total. The molecule has 5 heteroatoms. The van der Waals surface area contributed by atoms with Crippen LogP contribution in [-0.2, 0) is 0 Å². The van der Waals surface area contributed by atoms with E-state index >= 15 is 0 Å². The molecular weight excluding hydrogens is 252 g/mol. The van der Waals surface area contributed by atoms with E-state index < -0.39 is 0 Å². The van der Waals surface area contributed by atoms with Crippen LogP contribution in [-0.4, -0.2) is 48.4 Å². The summed E-state index contributed by atoms with van der Waals surface area (Å²) < 4.78 is 5.01. The van der Waals surface area contributed by atoms with E-state index in [0.29, 0.717) is 5.56 Å². The van der Waals surface area contributed by atoms with E-state index in [1.54, 1.807) is 6.07 Å². The molecule has 1 amide bonds. The molecule has 0 aliphatic carbocycles. The first kappa shape index (κ1) is 13.4. The van der Waals surface area contributed by atoms with Gasteiger partial charge in [0.1, 0.15) is 0 Å². The number of furan rings is 1. The average molecular weight is 271 g/mol. The van der Waals surface area contributed by atoms with Crippen molar-refractivity contribution < 1.29 is 9.21 Å². The molecule has 0 spiro atoms. The highest BCUT2D eigenvalue weighted by molar-refractivity contribution is 6.32. The minimum atomic E-state index is -0.0177. The Morgan fingerprint density at radius 2 is 2.33 bits per heavy atom. The van der Waals surface area contributed by atoms with E-state index in [1.807, 2.05) is 4.90 Å². The van der Waals surface area contributed by atoms with Crippen LogP contribution in [0.2, 0.25) is 5.22 Å². The molecule has 100 valence electrons. The molecular formula is C13H19ClN2O2. The predicted molar refractivity (Wildman–Crippen MR) is 70.9 cm³/mol. The van der Waals surface area contributed by atoms with Crippen LogP contribution < -0.4 is 0 Å². The van der Waals surface area contributed by atoms with Crippen LogP contribution in [0.5, 0.6) is 0 Å². The summed E-state index contributed by atoms with van der Waals surface area (Å²) in [6.45, 7) is 4.83. The van der Waals surface area contributed by atoms with Gasteiger partial charge in [0.05, 0.1) is 11.8 Å². The van der Waals surface area contributed by atoms with Crippen LogP contribution >= 0.6 is 11.6 Å². The molecule has 2 rings (SSSR count). The van der Waals surface area contributed by atoms with Crippen molar-refractivity contribution in [2.75, 3.05) is 26.7 Å². The van der Waals surface area contributed by atoms with Crippen molar-refractivity contribution in [1.29, 1.82) is 0 Å². The van der Waals surface area contributed by atoms with Crippen LogP contribution in [0.1, 0.15) is 30.1 Å². The van der Waals surface area contributed by atoms with Gasteiger partial charge in [-0.05, 0) is 44.1 Å². The van der Waals surface area contributed by atoms with Crippen molar-refractivity contribution in [2.24, 2.45) is 0 Å². The van der Waals surface area contributed by atoms with Gasteiger partial charge in [0.15, 0.2) is 0 Å². The molecule has 1 aromatic heterocycles. The standard InChI is InChI=1S/C13H19ClN2O2/c1-3-10-9-15(2)6-4-7-16(10)13(17)11-5-8-18-12(11)14/h5,8,10H,3-4,6-7,9H2,1-2H3. The van der Waals surface area contributed by atoms with Crippen LogP contribution in [0.15, 0.2) is 16.7 Å². The fourth-order valence-electron chi connectivity index (χ4n) is 2.46. The van der Waals surface area contributed by atoms with Gasteiger partial charge < -0.3 is 14.2 Å². The molecule has 1 aliphatic rings. The molecule has 1 fully saturated rings. The molecule has 0 N–H and O–H groups in total. The maximum atomic E-state index is 12.5. The lowest BCUT2D eigenvalue weighted by molar-refractivity contribution is 0.0675. The van der Waals surface area contributed by atoms with Gasteiger partial charge in [-0.25, -0.2) is 0 Å². The molecule has 1 saturated heterocycles. The van der Waals surface area contributed by atoms with Gasteiger partial charge in [-0.15, -0.1) is 0 Å². The van der Waals surface area contributed by atoms with Gasteiger partial charge in [0.2, 0.25) is 5.22 Å². The van der Waals surface area contributed by atoms with E-state index in [-0.39, 0.29) is 17.2 Å². The second-order valence-electron chi connectivity index (χ2n) is 4.78. The summed E-state index contributed by atoms with van der Waals surface area (Å²) in [6.07, 6.45) is 3.40. The van der Waals surface area contributed by atoms with Crippen molar-refractivity contribution >= 4 is 17.5 Å². The number of carbonyl (C=O) groups excluding carboxylic acids is 1. The lowest BCUT2D eigenvalue weighted by atomic mass is 10.1. The first-order valence-electron chi connectivity index (χ1n) is 6.36. The van der Waals surface area contributed by atoms with Crippen LogP contribution in [0.4, 0.5) is 0 Å². The zero-order valence-electron chi connectivity index (χ0n) is 10.9. The molecule has 18 heavy (non-hydrogen) atoms. The van der Waals surface area contributed by atoms with E-state index in [0.717, 1.165) is 32.5 Å². The van der Waals surface area contributed by atoms with E-state index in [4.69, 9.17) is 16.0 Å². The Kier molecular flexibility index (Phi) is 4.30. The summed E-state index contributed by atoms with van der Waals surface area (Å²) in [5.41, 5.74) is 0.472. The van der Waals surface area contributed by atoms with Gasteiger partial charge in [-0.3, -0.25) is 4.79 Å². The molecule has 1 atom stereocenters. The van der Waals surface area contributed by atoms with Crippen LogP contribution in [0.25, 0.3) is 0 Å². The summed E-state index contributed by atoms with van der Waals surface area (Å²) in [6, 6.07) is 1.89. The largest absolute Gasteiger partial charge is 0.452 e. The smallest absolute Gasteiger partial charge is 0.259 e. The minimum absolute atomic E-state index is 0.0177. The second-order valence-corrected chi connectivity index (χ2v) is 5.13. The fraction of sp³-hybridized carbons (Fsp3) is 0.615. The maximum Gasteiger partial charge on any atom is 0.259 e. The average Bonchev–Trinajstić information content (AvgIpc) is 2.68. The molecule has 1 aliphatic heterocycles. The van der Waals surface area contributed by atoms with Crippen molar-refractivity contribution in [3.63, 3.8) is 0 Å². The number of hydrogen-bond acceptors (Lipinski definition) is 3. The Hall–Kier alpha value is -1.00. The van der Waals surface area contributed by atoms with Crippen molar-refractivity contribution in [3.8, 4) is 0 Å². The van der Waals surface area contributed by atoms with Crippen LogP contribution in [0, 0.1) is 0 Å². The van der Waals surface area contributed by atoms with Crippen molar-refractivity contribution in [2.45, 2.75) is 25.8 Å². The Morgan fingerprint density at radius 3 is 2.94 bits per heavy atom. The SMILES string of the molecule is CCC1CN(C)CCCN1C(=O)c1ccoc1Cl. The molecule has 0 radical (unpaired) electrons. The first-order chi connectivity index (χ1) is 8.63. The molecule has 0 bridgehead atoms. The topological polar surface area (TPSA) is 36.7 Å². The number of carbonyl (C=O) groups is 1. The molecule has 0 aromatic carbocycles. The summed E-state index contributed by atoms with van der Waals surface area (Å²) in [7, 11) is 2.10. The van der Waals surface area contributed by atoms with Gasteiger partial charge in [-0.2, -0.15) is 0 Å². The molecule has 2 heterocycles. The third-order valence-electron chi connectivity index (χ3n) is 3.48. The van der Waals surface area contributed by atoms with Gasteiger partial charge >= 0.3 is 0 Å². The Balaban J connectivity index is 2.19. The predicted octanol–water partition coefficient (Wildman–Crippen LogP) is 2.49. The summed E-state index contributed by atoms with van der Waals surface area (Å²) in [4.78, 5) is 16.7. The zero-order valence-corrected chi connectivity index (χ0v) is 11.6. The Labute approximate surface area is 112 Å². The van der Waals surface area contributed by atoms with Crippen LogP contribution in [0.3, 0.4) is 0 Å². The van der Waals surface area contributed by atoms with E-state index in [2.05, 4.69) is 18.9 Å². The Bertz CT molecular complexity index is 419. The van der Waals surface area contributed by atoms with E-state index in [9.17, 15) is 4.79 Å². The van der Waals surface area contributed by atoms with Crippen molar-refractivity contribution in [3.05, 3.63) is 23.1 Å². The number of halogens is 1. The van der Waals surface area contributed by atoms with Gasteiger partial charge in [0, 0.05) is 19.1 Å². The highest BCUT2D eigenvalue weighted by Crippen LogP contribution is 2.22. The van der Waals surface area contributed by atoms with Gasteiger partial charge in [0.25, 0.3) is 5.91 Å². The number of likely N-dealkylation sites (N-methyl/N-ethyl adjacent to an activating group) is 1. The second kappa shape index (κ2) is 5.76. The first-order valence-corrected chi connectivity index (χ1v) is 6.73. The summed E-state index contributed by atoms with van der Waals surface area (Å²) in [5.74, 6) is -0.0177. The van der Waals surface area contributed by atoms with Crippen molar-refractivity contribution in [1.82, 2.24) is 9.80 Å². The summed E-state index contributed by atoms with van der Waals surface area (Å²) in [5, 5.41) is 0.187. The normalized spacial score (nSPS) is 21.9. The third-order valence-corrected chi connectivity index (χ3v) is 3.78.